The second-order valence-electron chi connectivity index (χ2n) is 6.50. The molecule has 0 heterocycles. The Bertz CT molecular complexity index is 839. The monoisotopic (exact) mass is 400 g/mol. The molecule has 0 atom stereocenters. The molecule has 29 heavy (non-hydrogen) atoms. The van der Waals surface area contributed by atoms with Crippen molar-refractivity contribution in [3.8, 4) is 5.75 Å². The standard InChI is InChI=1S/C22H29FN4O2/c1-4-24-22(26-11-10-17-8-9-19(23)14-16(17)2)27-13-12-25-21(28)18-6-5-7-20(15-18)29-3/h5-9,14-15H,4,10-13H2,1-3H3,(H,25,28)(H2,24,26,27). The van der Waals surface area contributed by atoms with Gasteiger partial charge in [0.15, 0.2) is 5.96 Å². The normalized spacial score (nSPS) is 11.1. The Morgan fingerprint density at radius 3 is 2.62 bits per heavy atom. The number of hydrogen-bond donors (Lipinski definition) is 3. The summed E-state index contributed by atoms with van der Waals surface area (Å²) < 4.78 is 18.3. The molecule has 0 saturated heterocycles. The SMILES string of the molecule is CCNC(=NCCc1ccc(F)cc1C)NCCNC(=O)c1cccc(OC)c1. The second-order valence-corrected chi connectivity index (χ2v) is 6.50. The summed E-state index contributed by atoms with van der Waals surface area (Å²) in [7, 11) is 1.57. The molecule has 0 spiro atoms. The van der Waals surface area contributed by atoms with E-state index in [1.54, 1.807) is 37.4 Å². The van der Waals surface area contributed by atoms with Gasteiger partial charge in [0.1, 0.15) is 11.6 Å². The van der Waals surface area contributed by atoms with E-state index in [1.807, 2.05) is 13.8 Å². The molecule has 3 N–H and O–H groups in total. The highest BCUT2D eigenvalue weighted by atomic mass is 19.1. The zero-order valence-corrected chi connectivity index (χ0v) is 17.2. The average Bonchev–Trinajstić information content (AvgIpc) is 2.72. The minimum atomic E-state index is -0.222. The van der Waals surface area contributed by atoms with Crippen LogP contribution in [0.4, 0.5) is 4.39 Å². The number of methoxy groups -OCH3 is 1. The number of ether oxygens (including phenoxy) is 1. The molecule has 2 rings (SSSR count). The topological polar surface area (TPSA) is 74.8 Å². The molecule has 156 valence electrons. The summed E-state index contributed by atoms with van der Waals surface area (Å²) in [5.74, 6) is 0.955. The fourth-order valence-electron chi connectivity index (χ4n) is 2.79. The van der Waals surface area contributed by atoms with E-state index >= 15 is 0 Å². The van der Waals surface area contributed by atoms with Crippen LogP contribution < -0.4 is 20.7 Å². The number of benzene rings is 2. The number of hydrogen-bond acceptors (Lipinski definition) is 3. The lowest BCUT2D eigenvalue weighted by Crippen LogP contribution is -2.41. The number of guanidine groups is 1. The lowest BCUT2D eigenvalue weighted by molar-refractivity contribution is 0.0954. The second kappa shape index (κ2) is 11.7. The van der Waals surface area contributed by atoms with Crippen molar-refractivity contribution in [2.24, 2.45) is 4.99 Å². The number of nitrogens with zero attached hydrogens (tertiary/aromatic N) is 1. The third-order valence-corrected chi connectivity index (χ3v) is 4.33. The predicted molar refractivity (Wildman–Crippen MR) is 114 cm³/mol. The number of amides is 1. The number of aliphatic imine (C=N–C) groups is 1. The third kappa shape index (κ3) is 7.44. The van der Waals surface area contributed by atoms with Crippen LogP contribution in [-0.4, -0.2) is 45.2 Å². The van der Waals surface area contributed by atoms with Gasteiger partial charge in [-0.3, -0.25) is 9.79 Å². The molecule has 0 saturated carbocycles. The largest absolute Gasteiger partial charge is 0.497 e. The van der Waals surface area contributed by atoms with Gasteiger partial charge in [-0.1, -0.05) is 12.1 Å². The Hall–Kier alpha value is -3.09. The van der Waals surface area contributed by atoms with Gasteiger partial charge in [0.05, 0.1) is 7.11 Å². The number of rotatable bonds is 9. The quantitative estimate of drug-likeness (QED) is 0.344. The summed E-state index contributed by atoms with van der Waals surface area (Å²) in [6.07, 6.45) is 0.731. The van der Waals surface area contributed by atoms with Crippen LogP contribution in [-0.2, 0) is 6.42 Å². The molecule has 0 aromatic heterocycles. The minimum absolute atomic E-state index is 0.153. The molecule has 1 amide bonds. The fraction of sp³-hybridized carbons (Fsp3) is 0.364. The lowest BCUT2D eigenvalue weighted by Gasteiger charge is -2.12. The summed E-state index contributed by atoms with van der Waals surface area (Å²) in [4.78, 5) is 16.7. The van der Waals surface area contributed by atoms with Gasteiger partial charge in [0, 0.05) is 31.7 Å². The van der Waals surface area contributed by atoms with Crippen molar-refractivity contribution in [1.29, 1.82) is 0 Å². The Morgan fingerprint density at radius 2 is 1.90 bits per heavy atom. The van der Waals surface area contributed by atoms with Crippen molar-refractivity contribution in [2.75, 3.05) is 33.3 Å². The van der Waals surface area contributed by atoms with Crippen molar-refractivity contribution in [1.82, 2.24) is 16.0 Å². The Labute approximate surface area is 171 Å². The molecule has 2 aromatic rings. The summed E-state index contributed by atoms with van der Waals surface area (Å²) in [5.41, 5.74) is 2.56. The van der Waals surface area contributed by atoms with Crippen LogP contribution >= 0.6 is 0 Å². The van der Waals surface area contributed by atoms with Crippen LogP contribution in [0.3, 0.4) is 0 Å². The number of carbonyl (C=O) groups is 1. The highest BCUT2D eigenvalue weighted by Gasteiger charge is 2.06. The lowest BCUT2D eigenvalue weighted by atomic mass is 10.1. The van der Waals surface area contributed by atoms with Gasteiger partial charge in [-0.2, -0.15) is 0 Å². The van der Waals surface area contributed by atoms with Gasteiger partial charge in [-0.15, -0.1) is 0 Å². The number of halogens is 1. The maximum absolute atomic E-state index is 13.2. The number of nitrogens with one attached hydrogen (secondary N) is 3. The molecule has 0 aliphatic rings. The van der Waals surface area contributed by atoms with Crippen LogP contribution in [0.5, 0.6) is 5.75 Å². The van der Waals surface area contributed by atoms with Crippen molar-refractivity contribution in [2.45, 2.75) is 20.3 Å². The molecule has 6 nitrogen and oxygen atoms in total. The zero-order valence-electron chi connectivity index (χ0n) is 17.2. The Kier molecular flexibility index (Phi) is 8.95. The molecular formula is C22H29FN4O2. The Morgan fingerprint density at radius 1 is 1.10 bits per heavy atom. The van der Waals surface area contributed by atoms with E-state index < -0.39 is 0 Å². The summed E-state index contributed by atoms with van der Waals surface area (Å²) >= 11 is 0. The van der Waals surface area contributed by atoms with Crippen LogP contribution in [0.25, 0.3) is 0 Å². The van der Waals surface area contributed by atoms with E-state index in [4.69, 9.17) is 4.74 Å². The van der Waals surface area contributed by atoms with Gasteiger partial charge in [0.2, 0.25) is 0 Å². The molecule has 0 unspecified atom stereocenters. The van der Waals surface area contributed by atoms with Crippen LogP contribution in [0, 0.1) is 12.7 Å². The highest BCUT2D eigenvalue weighted by Crippen LogP contribution is 2.12. The molecule has 7 heteroatoms. The average molecular weight is 400 g/mol. The first-order valence-electron chi connectivity index (χ1n) is 9.73. The molecule has 2 aromatic carbocycles. The fourth-order valence-corrected chi connectivity index (χ4v) is 2.79. The van der Waals surface area contributed by atoms with Gasteiger partial charge in [-0.25, -0.2) is 4.39 Å². The van der Waals surface area contributed by atoms with E-state index in [2.05, 4.69) is 20.9 Å². The first kappa shape index (κ1) is 22.2. The van der Waals surface area contributed by atoms with Crippen molar-refractivity contribution in [3.05, 3.63) is 65.0 Å². The first-order chi connectivity index (χ1) is 14.0. The van der Waals surface area contributed by atoms with Gasteiger partial charge >= 0.3 is 0 Å². The number of carbonyl (C=O) groups excluding carboxylic acids is 1. The maximum Gasteiger partial charge on any atom is 0.251 e. The zero-order chi connectivity index (χ0) is 21.1. The van der Waals surface area contributed by atoms with Crippen LogP contribution in [0.2, 0.25) is 0 Å². The summed E-state index contributed by atoms with van der Waals surface area (Å²) in [6.45, 7) is 6.20. The van der Waals surface area contributed by atoms with E-state index in [9.17, 15) is 9.18 Å². The molecule has 0 fully saturated rings. The van der Waals surface area contributed by atoms with Crippen molar-refractivity contribution in [3.63, 3.8) is 0 Å². The van der Waals surface area contributed by atoms with E-state index in [0.29, 0.717) is 36.9 Å². The minimum Gasteiger partial charge on any atom is -0.497 e. The smallest absolute Gasteiger partial charge is 0.251 e. The summed E-state index contributed by atoms with van der Waals surface area (Å²) in [6, 6.07) is 11.8. The highest BCUT2D eigenvalue weighted by molar-refractivity contribution is 5.94. The van der Waals surface area contributed by atoms with Gasteiger partial charge in [-0.05, 0) is 61.7 Å². The van der Waals surface area contributed by atoms with Gasteiger partial charge in [0.25, 0.3) is 5.91 Å². The predicted octanol–water partition coefficient (Wildman–Crippen LogP) is 2.67. The van der Waals surface area contributed by atoms with E-state index in [1.165, 1.54) is 12.1 Å². The van der Waals surface area contributed by atoms with E-state index in [0.717, 1.165) is 24.1 Å². The van der Waals surface area contributed by atoms with Crippen molar-refractivity contribution < 1.29 is 13.9 Å². The molecule has 0 aliphatic carbocycles. The first-order valence-corrected chi connectivity index (χ1v) is 9.73. The van der Waals surface area contributed by atoms with Crippen LogP contribution in [0.15, 0.2) is 47.5 Å². The van der Waals surface area contributed by atoms with E-state index in [-0.39, 0.29) is 11.7 Å². The third-order valence-electron chi connectivity index (χ3n) is 4.33. The molecule has 0 aliphatic heterocycles. The maximum atomic E-state index is 13.2. The molecular weight excluding hydrogens is 371 g/mol. The van der Waals surface area contributed by atoms with Gasteiger partial charge < -0.3 is 20.7 Å². The van der Waals surface area contributed by atoms with Crippen LogP contribution in [0.1, 0.15) is 28.4 Å². The molecule has 0 bridgehead atoms. The van der Waals surface area contributed by atoms with Crippen molar-refractivity contribution >= 4 is 11.9 Å². The number of aryl methyl sites for hydroxylation is 1. The Balaban J connectivity index is 1.79. The summed E-state index contributed by atoms with van der Waals surface area (Å²) in [5, 5.41) is 9.24. The molecule has 0 radical (unpaired) electrons.